The Morgan fingerprint density at radius 1 is 0.391 bits per heavy atom. The second-order valence-electron chi connectivity index (χ2n) is 39.0. The molecule has 12 saturated heterocycles. The van der Waals surface area contributed by atoms with E-state index in [9.17, 15) is 9.59 Å². The van der Waals surface area contributed by atoms with Crippen LogP contribution in [0.15, 0.2) is 179 Å². The topological polar surface area (TPSA) is 312 Å². The third-order valence-electron chi connectivity index (χ3n) is 29.3. The first-order valence-corrected chi connectivity index (χ1v) is 53.7. The molecule has 10 aromatic rings. The van der Waals surface area contributed by atoms with Crippen LogP contribution >= 0.6 is 34.1 Å². The van der Waals surface area contributed by atoms with Crippen LogP contribution in [0, 0.1) is 27.7 Å². The fourth-order valence-corrected chi connectivity index (χ4v) is 30.4. The lowest BCUT2D eigenvalue weighted by molar-refractivity contribution is -0.0198. The number of fused-ring (bicyclic) bond motifs is 6. The summed E-state index contributed by atoms with van der Waals surface area (Å²) in [6.45, 7) is 29.0. The van der Waals surface area contributed by atoms with Gasteiger partial charge in [0.25, 0.3) is 34.1 Å². The van der Waals surface area contributed by atoms with E-state index in [1.165, 1.54) is 35.1 Å². The molecule has 6 aromatic heterocycles. The summed E-state index contributed by atoms with van der Waals surface area (Å²) >= 11 is 0. The first kappa shape index (κ1) is 98.5. The standard InChI is InChI=1S/2C26H36N5O4P.2C24H30N5O3P/c2*1-6-20-21(15-23(33-20)30-16-18(2)24(28-25(30)32)27-17-29(4)5)34-36-31-14-10-13-22(31)26(3,35-36)19-11-8-7-9-12-19;2*1-4-18-19(13-21(30-18)28-15-27-22-16(2)25-14-26-23(22)28)31-33-29-12-8-11-20(29)24(3,32-33)17-9-6-5-7-10-17/h2*7-9,11-12,16-17,20-23H,6,10,13-15H2,1-5H3;2*5-7,9-10,14-15,18-21H,4,8,11-13H2,1-3H3/t20-,21-,22+,23-,26-,36+;20-,21-,22-,23-,26+,36-;18-,19-,20+,21-,24-,33+;18-,19-,20-,21-,24+,33-/m1111/s1. The molecule has 12 fully saturated rings. The number of rotatable bonds is 24. The van der Waals surface area contributed by atoms with Crippen LogP contribution in [0.25, 0.3) is 22.3 Å². The number of benzene rings is 4. The highest BCUT2D eigenvalue weighted by atomic mass is 31.2. The van der Waals surface area contributed by atoms with E-state index in [4.69, 9.17) is 55.1 Å². The molecule has 0 amide bonds. The van der Waals surface area contributed by atoms with Gasteiger partial charge in [0.05, 0.1) is 110 Å². The molecule has 38 heteroatoms. The van der Waals surface area contributed by atoms with Gasteiger partial charge in [0.1, 0.15) is 71.0 Å². The van der Waals surface area contributed by atoms with E-state index in [0.29, 0.717) is 48.6 Å². The molecule has 18 heterocycles. The fraction of sp³-hybridized carbons (Fsp3) is 0.560. The minimum absolute atomic E-state index is 0.00567. The quantitative estimate of drug-likeness (QED) is 0.0308. The summed E-state index contributed by atoms with van der Waals surface area (Å²) in [5.41, 5.74) is 9.23. The van der Waals surface area contributed by atoms with Gasteiger partial charge in [-0.1, -0.05) is 149 Å². The molecule has 736 valence electrons. The number of hydrogen-bond donors (Lipinski definition) is 0. The fourth-order valence-electron chi connectivity index (χ4n) is 21.8. The van der Waals surface area contributed by atoms with Gasteiger partial charge in [0, 0.05) is 104 Å². The number of aryl methyl sites for hydroxylation is 4. The van der Waals surface area contributed by atoms with Gasteiger partial charge in [-0.2, -0.15) is 9.97 Å². The number of imidazole rings is 2. The van der Waals surface area contributed by atoms with Crippen molar-refractivity contribution in [3.05, 3.63) is 225 Å². The van der Waals surface area contributed by atoms with Gasteiger partial charge in [0.2, 0.25) is 0 Å². The molecule has 0 N–H and O–H groups in total. The van der Waals surface area contributed by atoms with Crippen molar-refractivity contribution in [2.24, 2.45) is 9.98 Å². The van der Waals surface area contributed by atoms with Gasteiger partial charge in [-0.25, -0.2) is 68.2 Å². The lowest BCUT2D eigenvalue weighted by Crippen LogP contribution is -2.36. The molecule has 0 unspecified atom stereocenters. The van der Waals surface area contributed by atoms with E-state index in [0.717, 1.165) is 148 Å². The van der Waals surface area contributed by atoms with E-state index < -0.39 is 57.8 Å². The van der Waals surface area contributed by atoms with Crippen molar-refractivity contribution in [1.29, 1.82) is 0 Å². The second-order valence-corrected chi connectivity index (χ2v) is 44.5. The highest BCUT2D eigenvalue weighted by Crippen LogP contribution is 2.69. The number of aromatic nitrogens is 12. The summed E-state index contributed by atoms with van der Waals surface area (Å²) in [6, 6.07) is 43.4. The Kier molecular flexibility index (Phi) is 30.0. The first-order valence-electron chi connectivity index (χ1n) is 49.2. The van der Waals surface area contributed by atoms with Crippen molar-refractivity contribution in [3.63, 3.8) is 0 Å². The van der Waals surface area contributed by atoms with Gasteiger partial charge < -0.3 is 64.9 Å². The Labute approximate surface area is 813 Å². The predicted octanol–water partition coefficient (Wildman–Crippen LogP) is 18.7. The molecule has 24 atom stereocenters. The predicted molar refractivity (Wildman–Crippen MR) is 531 cm³/mol. The molecule has 0 bridgehead atoms. The zero-order valence-electron chi connectivity index (χ0n) is 82.0. The molecule has 0 aliphatic carbocycles. The summed E-state index contributed by atoms with van der Waals surface area (Å²) in [5, 5.41) is 0. The summed E-state index contributed by atoms with van der Waals surface area (Å²) in [6.07, 6.45) is 26.9. The maximum absolute atomic E-state index is 12.9. The molecule has 0 spiro atoms. The molecule has 138 heavy (non-hydrogen) atoms. The zero-order chi connectivity index (χ0) is 96.1. The summed E-state index contributed by atoms with van der Waals surface area (Å²) in [7, 11) is 2.73. The van der Waals surface area contributed by atoms with Gasteiger partial charge in [-0.3, -0.25) is 18.3 Å². The third-order valence-corrected chi connectivity index (χ3v) is 36.9. The van der Waals surface area contributed by atoms with E-state index >= 15 is 0 Å². The minimum Gasteiger partial charge on any atom is -0.369 e. The molecule has 12 aliphatic heterocycles. The Morgan fingerprint density at radius 2 is 0.659 bits per heavy atom. The SMILES string of the molecule is CC[C@H]1O[C@@H](n2cc(C)c(N=CN(C)C)nc2=O)C[C@H]1O[P@@]1O[C@](C)(c2ccccc2)[C@@H]2CCCN21.CC[C@H]1O[C@@H](n2cc(C)c(N=CN(C)C)nc2=O)C[C@H]1O[P@]1O[C@@](C)(c2ccccc2)[C@H]2CCCN21.CC[C@H]1O[C@@H](n2cnc3c(C)ncnc32)C[C@H]1O[P@@]1O[C@](C)(c2ccccc2)[C@@H]2CCCN21.CC[C@H]1O[C@@H](n2cnc3c(C)ncnc32)C[C@H]1O[P@]1O[C@@](C)(c2ccccc2)[C@H]2CCCN21. The second kappa shape index (κ2) is 42.0. The maximum Gasteiger partial charge on any atom is 0.351 e. The van der Waals surface area contributed by atoms with Crippen LogP contribution in [0.3, 0.4) is 0 Å². The average Bonchev–Trinajstić information content (AvgIpc) is 1.60. The highest BCUT2D eigenvalue weighted by Gasteiger charge is 2.61. The van der Waals surface area contributed by atoms with Gasteiger partial charge in [0.15, 0.2) is 22.9 Å². The highest BCUT2D eigenvalue weighted by molar-refractivity contribution is 7.45. The van der Waals surface area contributed by atoms with Crippen molar-refractivity contribution in [1.82, 2.24) is 86.6 Å². The van der Waals surface area contributed by atoms with E-state index in [1.54, 1.807) is 56.7 Å². The van der Waals surface area contributed by atoms with Gasteiger partial charge in [-0.05, 0) is 155 Å². The van der Waals surface area contributed by atoms with Crippen molar-refractivity contribution < 1.29 is 55.1 Å². The number of aliphatic imine (C=N–C) groups is 2. The normalized spacial score (nSPS) is 33.3. The first-order chi connectivity index (χ1) is 66.8. The molecule has 0 saturated carbocycles. The summed E-state index contributed by atoms with van der Waals surface area (Å²) in [5.74, 6) is 0.844. The third kappa shape index (κ3) is 19.6. The molecular formula is C100H132N20O14P4. The Balaban J connectivity index is 0.000000118. The molecule has 22 rings (SSSR count). The van der Waals surface area contributed by atoms with Crippen LogP contribution in [0.2, 0.25) is 0 Å². The number of hydrogen-bond acceptors (Lipinski definition) is 28. The molecule has 0 radical (unpaired) electrons. The number of ether oxygens (including phenoxy) is 4. The van der Waals surface area contributed by atoms with Crippen molar-refractivity contribution in [3.8, 4) is 0 Å². The average molecular weight is 1960 g/mol. The Bertz CT molecular complexity index is 5690. The zero-order valence-corrected chi connectivity index (χ0v) is 85.6. The van der Waals surface area contributed by atoms with Crippen LogP contribution in [-0.4, -0.2) is 227 Å². The smallest absolute Gasteiger partial charge is 0.351 e. The Morgan fingerprint density at radius 3 is 0.920 bits per heavy atom. The van der Waals surface area contributed by atoms with E-state index in [1.807, 2.05) is 89.8 Å². The van der Waals surface area contributed by atoms with Crippen molar-refractivity contribution >= 4 is 80.7 Å². The summed E-state index contributed by atoms with van der Waals surface area (Å²) < 4.78 is 96.3. The monoisotopic (exact) mass is 1960 g/mol. The number of nitrogens with zero attached hydrogens (tertiary/aromatic N) is 20. The lowest BCUT2D eigenvalue weighted by Gasteiger charge is -2.29. The summed E-state index contributed by atoms with van der Waals surface area (Å²) in [4.78, 5) is 72.9. The van der Waals surface area contributed by atoms with Gasteiger partial charge >= 0.3 is 11.4 Å². The molecule has 12 aliphatic rings. The lowest BCUT2D eigenvalue weighted by atomic mass is 9.87. The van der Waals surface area contributed by atoms with E-state index in [-0.39, 0.29) is 83.9 Å². The van der Waals surface area contributed by atoms with Crippen LogP contribution in [0.5, 0.6) is 0 Å². The van der Waals surface area contributed by atoms with Crippen LogP contribution in [-0.2, 0) is 77.5 Å². The molecule has 34 nitrogen and oxygen atoms in total. The molecule has 4 aromatic carbocycles. The van der Waals surface area contributed by atoms with Gasteiger partial charge in [-0.15, -0.1) is 0 Å². The van der Waals surface area contributed by atoms with E-state index in [2.05, 4.69) is 233 Å². The largest absolute Gasteiger partial charge is 0.369 e. The van der Waals surface area contributed by atoms with Crippen LogP contribution in [0.1, 0.15) is 228 Å². The van der Waals surface area contributed by atoms with Crippen molar-refractivity contribution in [2.75, 3.05) is 54.4 Å². The maximum atomic E-state index is 12.9. The van der Waals surface area contributed by atoms with Crippen molar-refractivity contribution in [2.45, 2.75) is 306 Å². The molecular weight excluding hydrogens is 1830 g/mol. The Hall–Kier alpha value is -8.24. The minimum atomic E-state index is -1.23. The van der Waals surface area contributed by atoms with Crippen LogP contribution in [0.4, 0.5) is 11.6 Å². The van der Waals surface area contributed by atoms with Crippen LogP contribution < -0.4 is 11.4 Å².